The Kier molecular flexibility index (Phi) is 5.32. The van der Waals surface area contributed by atoms with Crippen molar-refractivity contribution in [3.05, 3.63) is 46.9 Å². The van der Waals surface area contributed by atoms with Crippen molar-refractivity contribution in [2.75, 3.05) is 11.9 Å². The zero-order valence-electron chi connectivity index (χ0n) is 14.3. The lowest BCUT2D eigenvalue weighted by atomic mass is 10.1. The van der Waals surface area contributed by atoms with Crippen molar-refractivity contribution in [1.82, 2.24) is 9.97 Å². The molecule has 1 heterocycles. The van der Waals surface area contributed by atoms with Crippen LogP contribution in [0.15, 0.2) is 24.3 Å². The van der Waals surface area contributed by atoms with Gasteiger partial charge in [-0.25, -0.2) is 9.97 Å². The first-order valence-corrected chi connectivity index (χ1v) is 7.81. The van der Waals surface area contributed by atoms with Crippen molar-refractivity contribution >= 4 is 11.7 Å². The SMILES string of the molecule is CCOc1ccc(C(=O)Nc2cc(C)nc(C(C)C)n2)cc1C. The second-order valence-corrected chi connectivity index (χ2v) is 5.77. The Morgan fingerprint density at radius 3 is 2.57 bits per heavy atom. The third-order valence-corrected chi connectivity index (χ3v) is 3.37. The van der Waals surface area contributed by atoms with Crippen LogP contribution < -0.4 is 10.1 Å². The van der Waals surface area contributed by atoms with Crippen LogP contribution in [0.3, 0.4) is 0 Å². The minimum Gasteiger partial charge on any atom is -0.494 e. The standard InChI is InChI=1S/C18H23N3O2/c1-6-23-15-8-7-14(9-12(15)4)18(22)21-16-10-13(5)19-17(20-16)11(2)3/h7-11H,6H2,1-5H3,(H,19,20,21,22). The molecule has 23 heavy (non-hydrogen) atoms. The van der Waals surface area contributed by atoms with Gasteiger partial charge in [-0.3, -0.25) is 4.79 Å². The van der Waals surface area contributed by atoms with Crippen LogP contribution in [-0.2, 0) is 0 Å². The number of hydrogen-bond donors (Lipinski definition) is 1. The summed E-state index contributed by atoms with van der Waals surface area (Å²) in [5.41, 5.74) is 2.34. The number of rotatable bonds is 5. The maximum atomic E-state index is 12.4. The molecule has 2 aromatic rings. The molecule has 5 heteroatoms. The summed E-state index contributed by atoms with van der Waals surface area (Å²) < 4.78 is 5.50. The smallest absolute Gasteiger partial charge is 0.256 e. The van der Waals surface area contributed by atoms with Crippen molar-refractivity contribution in [3.8, 4) is 5.75 Å². The minimum absolute atomic E-state index is 0.191. The van der Waals surface area contributed by atoms with E-state index in [-0.39, 0.29) is 11.8 Å². The Labute approximate surface area is 137 Å². The maximum absolute atomic E-state index is 12.4. The van der Waals surface area contributed by atoms with Crippen LogP contribution in [0.25, 0.3) is 0 Å². The Morgan fingerprint density at radius 1 is 1.22 bits per heavy atom. The molecule has 0 unspecified atom stereocenters. The lowest BCUT2D eigenvalue weighted by Gasteiger charge is -2.11. The van der Waals surface area contributed by atoms with Crippen molar-refractivity contribution in [3.63, 3.8) is 0 Å². The quantitative estimate of drug-likeness (QED) is 0.910. The molecule has 1 aromatic heterocycles. The monoisotopic (exact) mass is 313 g/mol. The third kappa shape index (κ3) is 4.28. The van der Waals surface area contributed by atoms with Crippen LogP contribution in [0, 0.1) is 13.8 Å². The van der Waals surface area contributed by atoms with Crippen LogP contribution in [0.2, 0.25) is 0 Å². The highest BCUT2D eigenvalue weighted by Crippen LogP contribution is 2.20. The molecular weight excluding hydrogens is 290 g/mol. The topological polar surface area (TPSA) is 64.1 Å². The van der Waals surface area contributed by atoms with Gasteiger partial charge in [-0.2, -0.15) is 0 Å². The van der Waals surface area contributed by atoms with E-state index in [1.807, 2.05) is 46.8 Å². The largest absolute Gasteiger partial charge is 0.494 e. The number of carbonyl (C=O) groups is 1. The average molecular weight is 313 g/mol. The first kappa shape index (κ1) is 16.9. The van der Waals surface area contributed by atoms with Gasteiger partial charge in [0.2, 0.25) is 0 Å². The molecule has 0 fully saturated rings. The normalized spacial score (nSPS) is 10.7. The Balaban J connectivity index is 2.20. The number of aryl methyl sites for hydroxylation is 2. The van der Waals surface area contributed by atoms with E-state index in [0.29, 0.717) is 18.0 Å². The van der Waals surface area contributed by atoms with Crippen molar-refractivity contribution in [2.24, 2.45) is 0 Å². The molecule has 0 aliphatic heterocycles. The highest BCUT2D eigenvalue weighted by Gasteiger charge is 2.12. The lowest BCUT2D eigenvalue weighted by molar-refractivity contribution is 0.102. The van der Waals surface area contributed by atoms with Gasteiger partial charge in [0, 0.05) is 23.2 Å². The van der Waals surface area contributed by atoms with Crippen LogP contribution >= 0.6 is 0 Å². The van der Waals surface area contributed by atoms with E-state index < -0.39 is 0 Å². The van der Waals surface area contributed by atoms with Crippen molar-refractivity contribution in [2.45, 2.75) is 40.5 Å². The van der Waals surface area contributed by atoms with E-state index in [9.17, 15) is 4.79 Å². The summed E-state index contributed by atoms with van der Waals surface area (Å²) in [4.78, 5) is 21.2. The number of carbonyl (C=O) groups excluding carboxylic acids is 1. The Morgan fingerprint density at radius 2 is 1.96 bits per heavy atom. The molecule has 2 rings (SSSR count). The van der Waals surface area contributed by atoms with Crippen LogP contribution in [0.5, 0.6) is 5.75 Å². The number of amides is 1. The third-order valence-electron chi connectivity index (χ3n) is 3.37. The van der Waals surface area contributed by atoms with E-state index in [0.717, 1.165) is 22.8 Å². The van der Waals surface area contributed by atoms with Crippen LogP contribution in [0.4, 0.5) is 5.82 Å². The summed E-state index contributed by atoms with van der Waals surface area (Å²) in [6.07, 6.45) is 0. The van der Waals surface area contributed by atoms with E-state index in [1.165, 1.54) is 0 Å². The predicted molar refractivity (Wildman–Crippen MR) is 91.2 cm³/mol. The van der Waals surface area contributed by atoms with Gasteiger partial charge in [0.15, 0.2) is 0 Å². The number of benzene rings is 1. The highest BCUT2D eigenvalue weighted by molar-refractivity contribution is 6.04. The number of nitrogens with one attached hydrogen (secondary N) is 1. The van der Waals surface area contributed by atoms with Gasteiger partial charge in [0.25, 0.3) is 5.91 Å². The van der Waals surface area contributed by atoms with Gasteiger partial charge in [0.05, 0.1) is 6.61 Å². The molecule has 0 saturated heterocycles. The molecule has 0 bridgehead atoms. The molecule has 0 aliphatic carbocycles. The first-order valence-electron chi connectivity index (χ1n) is 7.81. The Hall–Kier alpha value is -2.43. The van der Waals surface area contributed by atoms with Gasteiger partial charge >= 0.3 is 0 Å². The highest BCUT2D eigenvalue weighted by atomic mass is 16.5. The number of nitrogens with zero attached hydrogens (tertiary/aromatic N) is 2. The molecule has 1 N–H and O–H groups in total. The predicted octanol–water partition coefficient (Wildman–Crippen LogP) is 3.87. The fourth-order valence-corrected chi connectivity index (χ4v) is 2.21. The minimum atomic E-state index is -0.191. The molecule has 0 aliphatic rings. The van der Waals surface area contributed by atoms with Gasteiger partial charge in [0.1, 0.15) is 17.4 Å². The molecule has 122 valence electrons. The molecule has 5 nitrogen and oxygen atoms in total. The Bertz CT molecular complexity index is 711. The summed E-state index contributed by atoms with van der Waals surface area (Å²) >= 11 is 0. The van der Waals surface area contributed by atoms with E-state index >= 15 is 0 Å². The zero-order chi connectivity index (χ0) is 17.0. The molecule has 0 saturated carbocycles. The van der Waals surface area contributed by atoms with Crippen LogP contribution in [0.1, 0.15) is 54.1 Å². The molecule has 0 spiro atoms. The zero-order valence-corrected chi connectivity index (χ0v) is 14.3. The average Bonchev–Trinajstić information content (AvgIpc) is 2.48. The van der Waals surface area contributed by atoms with Gasteiger partial charge in [-0.1, -0.05) is 13.8 Å². The van der Waals surface area contributed by atoms with E-state index in [1.54, 1.807) is 12.1 Å². The molecule has 1 amide bonds. The number of anilines is 1. The van der Waals surface area contributed by atoms with E-state index in [2.05, 4.69) is 15.3 Å². The fraction of sp³-hybridized carbons (Fsp3) is 0.389. The maximum Gasteiger partial charge on any atom is 0.256 e. The van der Waals surface area contributed by atoms with Crippen LogP contribution in [-0.4, -0.2) is 22.5 Å². The summed E-state index contributed by atoms with van der Waals surface area (Å²) in [5.74, 6) is 2.06. The first-order chi connectivity index (χ1) is 10.9. The second kappa shape index (κ2) is 7.22. The summed E-state index contributed by atoms with van der Waals surface area (Å²) in [6.45, 7) is 10.4. The second-order valence-electron chi connectivity index (χ2n) is 5.77. The van der Waals surface area contributed by atoms with Gasteiger partial charge < -0.3 is 10.1 Å². The van der Waals surface area contributed by atoms with E-state index in [4.69, 9.17) is 4.74 Å². The lowest BCUT2D eigenvalue weighted by Crippen LogP contribution is -2.15. The molecule has 0 atom stereocenters. The summed E-state index contributed by atoms with van der Waals surface area (Å²) in [7, 11) is 0. The number of hydrogen-bond acceptors (Lipinski definition) is 4. The van der Waals surface area contributed by atoms with Gasteiger partial charge in [-0.05, 0) is 44.5 Å². The van der Waals surface area contributed by atoms with Gasteiger partial charge in [-0.15, -0.1) is 0 Å². The number of aromatic nitrogens is 2. The summed E-state index contributed by atoms with van der Waals surface area (Å²) in [5, 5.41) is 2.84. The number of ether oxygens (including phenoxy) is 1. The van der Waals surface area contributed by atoms with Crippen molar-refractivity contribution < 1.29 is 9.53 Å². The van der Waals surface area contributed by atoms with Crippen molar-refractivity contribution in [1.29, 1.82) is 0 Å². The molecule has 1 aromatic carbocycles. The molecular formula is C18H23N3O2. The summed E-state index contributed by atoms with van der Waals surface area (Å²) in [6, 6.07) is 7.16. The molecule has 0 radical (unpaired) electrons. The fourth-order valence-electron chi connectivity index (χ4n) is 2.21.